The van der Waals surface area contributed by atoms with Crippen LogP contribution in [-0.4, -0.2) is 16.0 Å². The van der Waals surface area contributed by atoms with E-state index in [-0.39, 0.29) is 35.0 Å². The second-order valence-corrected chi connectivity index (χ2v) is 8.74. The van der Waals surface area contributed by atoms with E-state index in [4.69, 9.17) is 4.42 Å². The van der Waals surface area contributed by atoms with Crippen molar-refractivity contribution in [2.24, 2.45) is 0 Å². The average Bonchev–Trinajstić information content (AvgIpc) is 3.30. The molecule has 0 aliphatic rings. The number of aromatic hydroxyl groups is 1. The van der Waals surface area contributed by atoms with Crippen LogP contribution in [0.25, 0.3) is 22.7 Å². The number of carbonyl (C=O) groups is 1. The van der Waals surface area contributed by atoms with Gasteiger partial charge < -0.3 is 9.52 Å². The lowest BCUT2D eigenvalue weighted by atomic mass is 9.91. The predicted molar refractivity (Wildman–Crippen MR) is 132 cm³/mol. The zero-order valence-electron chi connectivity index (χ0n) is 20.4. The molecule has 0 spiro atoms. The number of amides is 1. The molecule has 0 saturated heterocycles. The highest BCUT2D eigenvalue weighted by atomic mass is 19.4. The molecule has 1 heterocycles. The first-order valence-electron chi connectivity index (χ1n) is 11.8. The van der Waals surface area contributed by atoms with Crippen molar-refractivity contribution in [2.45, 2.75) is 38.0 Å². The molecule has 1 atom stereocenters. The molecule has 0 aliphatic heterocycles. The Morgan fingerprint density at radius 3 is 2.08 bits per heavy atom. The summed E-state index contributed by atoms with van der Waals surface area (Å²) < 4.78 is 84.2. The normalized spacial score (nSPS) is 12.8. The van der Waals surface area contributed by atoms with Gasteiger partial charge in [0.1, 0.15) is 11.4 Å². The molecule has 204 valence electrons. The highest BCUT2D eigenvalue weighted by Gasteiger charge is 2.33. The van der Waals surface area contributed by atoms with Crippen LogP contribution in [0.5, 0.6) is 5.75 Å². The zero-order valence-corrected chi connectivity index (χ0v) is 20.4. The third kappa shape index (κ3) is 6.24. The minimum atomic E-state index is -4.68. The van der Waals surface area contributed by atoms with Crippen LogP contribution in [0.15, 0.2) is 77.2 Å². The molecule has 2 N–H and O–H groups in total. The number of rotatable bonds is 7. The number of alkyl halides is 6. The number of aromatic nitrogens is 1. The van der Waals surface area contributed by atoms with Crippen molar-refractivity contribution in [2.75, 3.05) is 5.32 Å². The number of oxazole rings is 1. The lowest BCUT2D eigenvalue weighted by molar-refractivity contribution is -0.138. The second-order valence-electron chi connectivity index (χ2n) is 8.74. The van der Waals surface area contributed by atoms with Gasteiger partial charge in [-0.25, -0.2) is 4.98 Å². The Labute approximate surface area is 219 Å². The van der Waals surface area contributed by atoms with E-state index >= 15 is 0 Å². The van der Waals surface area contributed by atoms with Gasteiger partial charge in [-0.3, -0.25) is 10.1 Å². The summed E-state index contributed by atoms with van der Waals surface area (Å²) in [5.41, 5.74) is -1.12. The minimum absolute atomic E-state index is 0.0128. The van der Waals surface area contributed by atoms with E-state index in [1.165, 1.54) is 12.1 Å². The summed E-state index contributed by atoms with van der Waals surface area (Å²) in [6.07, 6.45) is -8.59. The Balaban J connectivity index is 1.72. The van der Waals surface area contributed by atoms with E-state index in [9.17, 15) is 36.2 Å². The quantitative estimate of drug-likeness (QED) is 0.228. The van der Waals surface area contributed by atoms with Crippen LogP contribution in [0, 0.1) is 0 Å². The molecule has 1 amide bonds. The molecule has 1 aromatic heterocycles. The van der Waals surface area contributed by atoms with Crippen molar-refractivity contribution in [1.82, 2.24) is 4.98 Å². The van der Waals surface area contributed by atoms with Crippen LogP contribution in [0.1, 0.15) is 42.4 Å². The number of halogens is 6. The van der Waals surface area contributed by atoms with Crippen LogP contribution in [-0.2, 0) is 17.1 Å². The van der Waals surface area contributed by atoms with Crippen molar-refractivity contribution < 1.29 is 40.7 Å². The molecule has 11 heteroatoms. The molecule has 0 saturated carbocycles. The molecule has 1 unspecified atom stereocenters. The zero-order chi connectivity index (χ0) is 28.4. The van der Waals surface area contributed by atoms with Crippen molar-refractivity contribution in [3.8, 4) is 28.5 Å². The molecule has 3 aromatic carbocycles. The lowest BCUT2D eigenvalue weighted by Crippen LogP contribution is -2.21. The van der Waals surface area contributed by atoms with Crippen molar-refractivity contribution >= 4 is 11.8 Å². The molecule has 0 aliphatic carbocycles. The first kappa shape index (κ1) is 27.7. The van der Waals surface area contributed by atoms with Crippen LogP contribution < -0.4 is 5.32 Å². The maximum atomic E-state index is 13.4. The molecule has 4 rings (SSSR count). The third-order valence-electron chi connectivity index (χ3n) is 6.00. The largest absolute Gasteiger partial charge is 0.508 e. The van der Waals surface area contributed by atoms with Gasteiger partial charge in [-0.2, -0.15) is 26.3 Å². The third-order valence-corrected chi connectivity index (χ3v) is 6.00. The van der Waals surface area contributed by atoms with E-state index in [2.05, 4.69) is 10.3 Å². The number of hydrogen-bond acceptors (Lipinski definition) is 4. The second kappa shape index (κ2) is 10.8. The van der Waals surface area contributed by atoms with Crippen molar-refractivity contribution in [1.29, 1.82) is 0 Å². The lowest BCUT2D eigenvalue weighted by Gasteiger charge is -2.18. The Kier molecular flexibility index (Phi) is 7.71. The minimum Gasteiger partial charge on any atom is -0.508 e. The first-order chi connectivity index (χ1) is 18.4. The predicted octanol–water partition coefficient (Wildman–Crippen LogP) is 8.27. The molecule has 39 heavy (non-hydrogen) atoms. The molecule has 0 radical (unpaired) electrons. The number of phenolic OH excluding ortho intramolecular Hbond substituents is 1. The fourth-order valence-electron chi connectivity index (χ4n) is 4.05. The maximum Gasteiger partial charge on any atom is 0.416 e. The van der Waals surface area contributed by atoms with Gasteiger partial charge in [-0.15, -0.1) is 0 Å². The summed E-state index contributed by atoms with van der Waals surface area (Å²) in [6.45, 7) is 1.76. The van der Waals surface area contributed by atoms with E-state index in [1.807, 2.05) is 0 Å². The highest BCUT2D eigenvalue weighted by molar-refractivity contribution is 5.98. The summed E-state index contributed by atoms with van der Waals surface area (Å²) in [5, 5.41) is 12.9. The smallest absolute Gasteiger partial charge is 0.416 e. The summed E-state index contributed by atoms with van der Waals surface area (Å²) in [4.78, 5) is 17.8. The van der Waals surface area contributed by atoms with Gasteiger partial charge in [0.2, 0.25) is 17.7 Å². The summed E-state index contributed by atoms with van der Waals surface area (Å²) >= 11 is 0. The standard InChI is InChI=1S/C28H22F6N2O3/c1-2-6-21(20-14-13-19(15-22(20)37)28(32,33)34)24(38)36-26-23(16-9-11-18(12-10-16)27(29,30)31)35-25(39-26)17-7-4-3-5-8-17/h3-5,7-15,21,37H,2,6H2,1H3,(H,36,38). The summed E-state index contributed by atoms with van der Waals surface area (Å²) in [7, 11) is 0. The fourth-order valence-corrected chi connectivity index (χ4v) is 4.05. The number of carbonyl (C=O) groups excluding carboxylic acids is 1. The Morgan fingerprint density at radius 2 is 1.51 bits per heavy atom. The van der Waals surface area contributed by atoms with Gasteiger partial charge in [-0.1, -0.05) is 49.7 Å². The van der Waals surface area contributed by atoms with Gasteiger partial charge in [0.05, 0.1) is 17.0 Å². The number of anilines is 1. The van der Waals surface area contributed by atoms with Crippen molar-refractivity contribution in [3.63, 3.8) is 0 Å². The maximum absolute atomic E-state index is 13.4. The topological polar surface area (TPSA) is 75.4 Å². The molecular weight excluding hydrogens is 526 g/mol. The Morgan fingerprint density at radius 1 is 0.897 bits per heavy atom. The van der Waals surface area contributed by atoms with Gasteiger partial charge in [0.25, 0.3) is 0 Å². The molecule has 0 bridgehead atoms. The average molecular weight is 548 g/mol. The molecule has 5 nitrogen and oxygen atoms in total. The van der Waals surface area contributed by atoms with E-state index in [0.717, 1.165) is 24.3 Å². The number of phenols is 1. The Hall–Kier alpha value is -4.28. The molecular formula is C28H22F6N2O3. The van der Waals surface area contributed by atoms with Crippen LogP contribution in [0.3, 0.4) is 0 Å². The van der Waals surface area contributed by atoms with Gasteiger partial charge in [0, 0.05) is 16.7 Å². The summed E-state index contributed by atoms with van der Waals surface area (Å²) in [5.74, 6) is -2.51. The van der Waals surface area contributed by atoms with E-state index < -0.39 is 41.1 Å². The van der Waals surface area contributed by atoms with Gasteiger partial charge in [-0.05, 0) is 42.8 Å². The highest BCUT2D eigenvalue weighted by Crippen LogP contribution is 2.39. The van der Waals surface area contributed by atoms with Crippen LogP contribution in [0.2, 0.25) is 0 Å². The number of nitrogens with zero attached hydrogens (tertiary/aromatic N) is 1. The monoisotopic (exact) mass is 548 g/mol. The van der Waals surface area contributed by atoms with E-state index in [0.29, 0.717) is 18.1 Å². The summed E-state index contributed by atoms with van der Waals surface area (Å²) in [6, 6.07) is 15.1. The first-order valence-corrected chi connectivity index (χ1v) is 11.8. The molecule has 0 fully saturated rings. The Bertz CT molecular complexity index is 1450. The molecule has 4 aromatic rings. The van der Waals surface area contributed by atoms with E-state index in [1.54, 1.807) is 37.3 Å². The van der Waals surface area contributed by atoms with Crippen LogP contribution in [0.4, 0.5) is 32.2 Å². The van der Waals surface area contributed by atoms with Gasteiger partial charge >= 0.3 is 12.4 Å². The van der Waals surface area contributed by atoms with Crippen LogP contribution >= 0.6 is 0 Å². The fraction of sp³-hybridized carbons (Fsp3) is 0.214. The number of hydrogen-bond donors (Lipinski definition) is 2. The number of benzene rings is 3. The number of nitrogens with one attached hydrogen (secondary N) is 1. The van der Waals surface area contributed by atoms with Gasteiger partial charge in [0.15, 0.2) is 0 Å². The SMILES string of the molecule is CCCC(C(=O)Nc1oc(-c2ccccc2)nc1-c1ccc(C(F)(F)F)cc1)c1ccc(C(F)(F)F)cc1O. The van der Waals surface area contributed by atoms with Crippen molar-refractivity contribution in [3.05, 3.63) is 89.5 Å².